The lowest BCUT2D eigenvalue weighted by molar-refractivity contribution is -0.115. The van der Waals surface area contributed by atoms with E-state index in [0.717, 1.165) is 22.3 Å². The van der Waals surface area contributed by atoms with Crippen molar-refractivity contribution in [1.29, 1.82) is 0 Å². The zero-order valence-electron chi connectivity index (χ0n) is 18.2. The number of thioether (sulfide) groups is 1. The highest BCUT2D eigenvalue weighted by atomic mass is 32.2. The summed E-state index contributed by atoms with van der Waals surface area (Å²) in [6.45, 7) is 4.42. The summed E-state index contributed by atoms with van der Waals surface area (Å²) >= 11 is 1.32. The molecule has 4 aromatic rings. The highest BCUT2D eigenvalue weighted by molar-refractivity contribution is 8.00. The van der Waals surface area contributed by atoms with Crippen LogP contribution in [0.25, 0.3) is 22.2 Å². The Labute approximate surface area is 197 Å². The third-order valence-corrected chi connectivity index (χ3v) is 7.25. The molecule has 1 heterocycles. The molecule has 0 aliphatic heterocycles. The van der Waals surface area contributed by atoms with Gasteiger partial charge in [-0.15, -0.1) is 0 Å². The minimum absolute atomic E-state index is 0.00983. The maximum atomic E-state index is 13.0. The van der Waals surface area contributed by atoms with Gasteiger partial charge in [0, 0.05) is 17.8 Å². The highest BCUT2D eigenvalue weighted by Crippen LogP contribution is 2.31. The molecule has 0 bridgehead atoms. The Morgan fingerprint density at radius 2 is 1.79 bits per heavy atom. The number of para-hydroxylation sites is 1. The summed E-state index contributed by atoms with van der Waals surface area (Å²) in [6, 6.07) is 22.2. The van der Waals surface area contributed by atoms with E-state index >= 15 is 0 Å². The minimum atomic E-state index is -3.82. The van der Waals surface area contributed by atoms with Crippen molar-refractivity contribution in [3.63, 3.8) is 0 Å². The zero-order valence-corrected chi connectivity index (χ0v) is 19.9. The fraction of sp³-hybridized carbons (Fsp3) is 0.167. The second-order valence-electron chi connectivity index (χ2n) is 7.50. The second kappa shape index (κ2) is 9.38. The number of nitrogens with two attached hydrogens (primary N) is 1. The Kier molecular flexibility index (Phi) is 6.55. The number of benzene rings is 3. The summed E-state index contributed by atoms with van der Waals surface area (Å²) < 4.78 is 25.3. The molecule has 3 aromatic carbocycles. The second-order valence-corrected chi connectivity index (χ2v) is 10.4. The number of amides is 1. The number of aryl methyl sites for hydroxylation is 1. The predicted molar refractivity (Wildman–Crippen MR) is 133 cm³/mol. The molecule has 0 saturated heterocycles. The number of carbonyl (C=O) groups excluding carboxylic acids is 1. The van der Waals surface area contributed by atoms with Crippen LogP contribution in [0.2, 0.25) is 0 Å². The first-order chi connectivity index (χ1) is 15.8. The van der Waals surface area contributed by atoms with Crippen LogP contribution in [0.15, 0.2) is 82.8 Å². The molecule has 3 N–H and O–H groups in total. The summed E-state index contributed by atoms with van der Waals surface area (Å²) in [7, 11) is -3.82. The molecule has 0 spiro atoms. The number of imidazole rings is 1. The number of rotatable bonds is 7. The third-order valence-electron chi connectivity index (χ3n) is 5.25. The Hall–Kier alpha value is -3.14. The quantitative estimate of drug-likeness (QED) is 0.379. The molecule has 0 aliphatic rings. The Morgan fingerprint density at radius 3 is 2.48 bits per heavy atom. The number of primary sulfonamides is 1. The molecule has 170 valence electrons. The van der Waals surface area contributed by atoms with E-state index in [9.17, 15) is 13.2 Å². The van der Waals surface area contributed by atoms with Gasteiger partial charge in [-0.05, 0) is 43.7 Å². The molecule has 1 atom stereocenters. The lowest BCUT2D eigenvalue weighted by atomic mass is 10.0. The lowest BCUT2D eigenvalue weighted by Crippen LogP contribution is -2.23. The van der Waals surface area contributed by atoms with E-state index in [0.29, 0.717) is 17.2 Å². The average molecular weight is 481 g/mol. The number of fused-ring (bicyclic) bond motifs is 1. The standard InChI is InChI=1S/C24H24N4O3S2/c1-3-28-22-14-13-18(33(25,30)31)15-21(22)27-24(28)32-16(2)23(29)26-20-12-8-7-11-19(20)17-9-5-4-6-10-17/h4-16H,3H2,1-2H3,(H,26,29)(H2,25,30,31)/t16-/m1/s1. The number of carbonyl (C=O) groups is 1. The number of nitrogens with zero attached hydrogens (tertiary/aromatic N) is 2. The van der Waals surface area contributed by atoms with Crippen molar-refractivity contribution in [1.82, 2.24) is 9.55 Å². The van der Waals surface area contributed by atoms with Crippen molar-refractivity contribution < 1.29 is 13.2 Å². The SMILES string of the molecule is CCn1c(S[C@H](C)C(=O)Nc2ccccc2-c2ccccc2)nc2cc(S(N)(=O)=O)ccc21. The van der Waals surface area contributed by atoms with Crippen LogP contribution < -0.4 is 10.5 Å². The molecule has 9 heteroatoms. The molecule has 0 saturated carbocycles. The molecule has 7 nitrogen and oxygen atoms in total. The molecule has 0 aliphatic carbocycles. The number of sulfonamides is 1. The normalized spacial score (nSPS) is 12.6. The molecule has 0 unspecified atom stereocenters. The van der Waals surface area contributed by atoms with Gasteiger partial charge in [-0.25, -0.2) is 18.5 Å². The van der Waals surface area contributed by atoms with E-state index in [1.807, 2.05) is 73.0 Å². The maximum absolute atomic E-state index is 13.0. The Morgan fingerprint density at radius 1 is 1.09 bits per heavy atom. The van der Waals surface area contributed by atoms with Gasteiger partial charge in [-0.2, -0.15) is 0 Å². The van der Waals surface area contributed by atoms with Crippen molar-refractivity contribution in [3.05, 3.63) is 72.8 Å². The molecule has 33 heavy (non-hydrogen) atoms. The van der Waals surface area contributed by atoms with Crippen LogP contribution >= 0.6 is 11.8 Å². The van der Waals surface area contributed by atoms with Crippen LogP contribution in [-0.2, 0) is 21.4 Å². The van der Waals surface area contributed by atoms with Crippen LogP contribution in [-0.4, -0.2) is 29.1 Å². The number of anilines is 1. The maximum Gasteiger partial charge on any atom is 0.238 e. The van der Waals surface area contributed by atoms with Gasteiger partial charge in [0.1, 0.15) is 0 Å². The first kappa shape index (κ1) is 23.0. The summed E-state index contributed by atoms with van der Waals surface area (Å²) in [5.74, 6) is -0.150. The minimum Gasteiger partial charge on any atom is -0.325 e. The average Bonchev–Trinajstić information content (AvgIpc) is 3.15. The summed E-state index contributed by atoms with van der Waals surface area (Å²) in [6.07, 6.45) is 0. The van der Waals surface area contributed by atoms with E-state index in [1.165, 1.54) is 23.9 Å². The largest absolute Gasteiger partial charge is 0.325 e. The highest BCUT2D eigenvalue weighted by Gasteiger charge is 2.21. The lowest BCUT2D eigenvalue weighted by Gasteiger charge is -2.15. The van der Waals surface area contributed by atoms with Crippen molar-refractivity contribution in [2.45, 2.75) is 35.7 Å². The van der Waals surface area contributed by atoms with Crippen LogP contribution in [0.3, 0.4) is 0 Å². The van der Waals surface area contributed by atoms with Crippen LogP contribution in [0.1, 0.15) is 13.8 Å². The van der Waals surface area contributed by atoms with Crippen LogP contribution in [0.5, 0.6) is 0 Å². The van der Waals surface area contributed by atoms with Crippen molar-refractivity contribution >= 4 is 44.4 Å². The molecule has 0 radical (unpaired) electrons. The van der Waals surface area contributed by atoms with Gasteiger partial charge in [0.25, 0.3) is 0 Å². The monoisotopic (exact) mass is 480 g/mol. The van der Waals surface area contributed by atoms with Crippen molar-refractivity contribution in [2.75, 3.05) is 5.32 Å². The van der Waals surface area contributed by atoms with Crippen LogP contribution in [0.4, 0.5) is 5.69 Å². The van der Waals surface area contributed by atoms with Crippen LogP contribution in [0, 0.1) is 0 Å². The fourth-order valence-corrected chi connectivity index (χ4v) is 5.09. The number of hydrogen-bond acceptors (Lipinski definition) is 5. The zero-order chi connectivity index (χ0) is 23.6. The molecule has 1 amide bonds. The summed E-state index contributed by atoms with van der Waals surface area (Å²) in [5, 5.41) is 8.49. The van der Waals surface area contributed by atoms with Gasteiger partial charge < -0.3 is 9.88 Å². The van der Waals surface area contributed by atoms with E-state index in [4.69, 9.17) is 5.14 Å². The topological polar surface area (TPSA) is 107 Å². The molecular formula is C24H24N4O3S2. The Bertz CT molecular complexity index is 1420. The van der Waals surface area contributed by atoms with E-state index in [2.05, 4.69) is 10.3 Å². The van der Waals surface area contributed by atoms with E-state index in [-0.39, 0.29) is 10.8 Å². The predicted octanol–water partition coefficient (Wildman–Crippen LogP) is 4.49. The number of nitrogens with one attached hydrogen (secondary N) is 1. The Balaban J connectivity index is 1.58. The van der Waals surface area contributed by atoms with Gasteiger partial charge in [0.2, 0.25) is 15.9 Å². The van der Waals surface area contributed by atoms with Gasteiger partial charge in [-0.1, -0.05) is 60.3 Å². The fourth-order valence-electron chi connectivity index (χ4n) is 3.57. The van der Waals surface area contributed by atoms with E-state index < -0.39 is 15.3 Å². The molecule has 4 rings (SSSR count). The summed E-state index contributed by atoms with van der Waals surface area (Å²) in [5.41, 5.74) is 4.01. The number of aromatic nitrogens is 2. The van der Waals surface area contributed by atoms with Gasteiger partial charge >= 0.3 is 0 Å². The third kappa shape index (κ3) is 4.95. The van der Waals surface area contributed by atoms with Crippen molar-refractivity contribution in [3.8, 4) is 11.1 Å². The first-order valence-corrected chi connectivity index (χ1v) is 12.9. The molecule has 0 fully saturated rings. The van der Waals surface area contributed by atoms with E-state index in [1.54, 1.807) is 6.07 Å². The summed E-state index contributed by atoms with van der Waals surface area (Å²) in [4.78, 5) is 17.6. The molecule has 1 aromatic heterocycles. The van der Waals surface area contributed by atoms with Crippen molar-refractivity contribution in [2.24, 2.45) is 5.14 Å². The van der Waals surface area contributed by atoms with Gasteiger partial charge in [0.05, 0.1) is 21.2 Å². The van der Waals surface area contributed by atoms with Gasteiger partial charge in [0.15, 0.2) is 5.16 Å². The molecular weight excluding hydrogens is 456 g/mol. The smallest absolute Gasteiger partial charge is 0.238 e. The first-order valence-electron chi connectivity index (χ1n) is 10.4. The van der Waals surface area contributed by atoms with Gasteiger partial charge in [-0.3, -0.25) is 4.79 Å². The number of hydrogen-bond donors (Lipinski definition) is 2.